The molecular formula is C21H26N4S2. The minimum atomic E-state index is 0.380. The molecule has 2 aromatic heterocycles. The van der Waals surface area contributed by atoms with Gasteiger partial charge in [-0.1, -0.05) is 12.1 Å². The van der Waals surface area contributed by atoms with Gasteiger partial charge in [0.25, 0.3) is 0 Å². The zero-order chi connectivity index (χ0) is 18.6. The second-order valence-electron chi connectivity index (χ2n) is 7.03. The van der Waals surface area contributed by atoms with E-state index in [-0.39, 0.29) is 0 Å². The number of nitrogens with zero attached hydrogens (tertiary/aromatic N) is 3. The van der Waals surface area contributed by atoms with Crippen molar-refractivity contribution < 1.29 is 0 Å². The van der Waals surface area contributed by atoms with Gasteiger partial charge >= 0.3 is 0 Å². The highest BCUT2D eigenvalue weighted by molar-refractivity contribution is 7.98. The summed E-state index contributed by atoms with van der Waals surface area (Å²) in [5, 5.41) is 10.2. The SMILES string of the molecule is CSc1ccc(C(CNCc2cnn(C)c2)N2CCc3sccc3C2)cc1. The van der Waals surface area contributed by atoms with Gasteiger partial charge in [-0.3, -0.25) is 9.58 Å². The fourth-order valence-electron chi connectivity index (χ4n) is 3.74. The third kappa shape index (κ3) is 4.46. The number of rotatable bonds is 7. The number of thiophene rings is 1. The highest BCUT2D eigenvalue weighted by Crippen LogP contribution is 2.31. The Labute approximate surface area is 169 Å². The number of hydrogen-bond donors (Lipinski definition) is 1. The average Bonchev–Trinajstić information content (AvgIpc) is 3.33. The van der Waals surface area contributed by atoms with Crippen molar-refractivity contribution in [2.24, 2.45) is 7.05 Å². The van der Waals surface area contributed by atoms with Gasteiger partial charge in [-0.15, -0.1) is 23.1 Å². The van der Waals surface area contributed by atoms with E-state index in [9.17, 15) is 0 Å². The number of aryl methyl sites for hydroxylation is 1. The van der Waals surface area contributed by atoms with Crippen LogP contribution in [0, 0.1) is 0 Å². The summed E-state index contributed by atoms with van der Waals surface area (Å²) in [6.45, 7) is 3.96. The van der Waals surface area contributed by atoms with Gasteiger partial charge in [0.2, 0.25) is 0 Å². The number of aromatic nitrogens is 2. The van der Waals surface area contributed by atoms with Crippen LogP contribution in [0.3, 0.4) is 0 Å². The lowest BCUT2D eigenvalue weighted by Crippen LogP contribution is -2.38. The molecule has 4 rings (SSSR count). The van der Waals surface area contributed by atoms with E-state index in [4.69, 9.17) is 0 Å². The first-order chi connectivity index (χ1) is 13.2. The van der Waals surface area contributed by atoms with Crippen molar-refractivity contribution in [3.63, 3.8) is 0 Å². The first-order valence-corrected chi connectivity index (χ1v) is 11.4. The van der Waals surface area contributed by atoms with Crippen LogP contribution >= 0.6 is 23.1 Å². The van der Waals surface area contributed by atoms with E-state index in [0.29, 0.717) is 6.04 Å². The molecule has 4 nitrogen and oxygen atoms in total. The summed E-state index contributed by atoms with van der Waals surface area (Å²) in [4.78, 5) is 5.50. The summed E-state index contributed by atoms with van der Waals surface area (Å²) in [7, 11) is 1.96. The maximum Gasteiger partial charge on any atom is 0.0534 e. The summed E-state index contributed by atoms with van der Waals surface area (Å²) in [6.07, 6.45) is 7.31. The first kappa shape index (κ1) is 18.7. The minimum Gasteiger partial charge on any atom is -0.311 e. The van der Waals surface area contributed by atoms with Crippen molar-refractivity contribution in [3.8, 4) is 0 Å². The van der Waals surface area contributed by atoms with Crippen LogP contribution in [-0.2, 0) is 26.6 Å². The molecule has 1 N–H and O–H groups in total. The molecule has 0 aliphatic carbocycles. The van der Waals surface area contributed by atoms with Crippen molar-refractivity contribution in [1.29, 1.82) is 0 Å². The molecule has 0 bridgehead atoms. The van der Waals surface area contributed by atoms with Crippen molar-refractivity contribution >= 4 is 23.1 Å². The van der Waals surface area contributed by atoms with Crippen LogP contribution in [0.4, 0.5) is 0 Å². The summed E-state index contributed by atoms with van der Waals surface area (Å²) < 4.78 is 1.86. The number of thioether (sulfide) groups is 1. The molecule has 3 aromatic rings. The highest BCUT2D eigenvalue weighted by atomic mass is 32.2. The van der Waals surface area contributed by atoms with Gasteiger partial charge in [-0.05, 0) is 47.4 Å². The van der Waals surface area contributed by atoms with Gasteiger partial charge in [0.15, 0.2) is 0 Å². The molecule has 0 spiro atoms. The fourth-order valence-corrected chi connectivity index (χ4v) is 5.03. The van der Waals surface area contributed by atoms with Crippen molar-refractivity contribution in [1.82, 2.24) is 20.0 Å². The van der Waals surface area contributed by atoms with Crippen LogP contribution in [0.1, 0.15) is 27.6 Å². The van der Waals surface area contributed by atoms with Crippen LogP contribution in [0.25, 0.3) is 0 Å². The number of fused-ring (bicyclic) bond motifs is 1. The van der Waals surface area contributed by atoms with Gasteiger partial charge in [0.05, 0.1) is 6.20 Å². The maximum absolute atomic E-state index is 4.27. The molecule has 0 fully saturated rings. The smallest absolute Gasteiger partial charge is 0.0534 e. The first-order valence-electron chi connectivity index (χ1n) is 9.34. The van der Waals surface area contributed by atoms with Gasteiger partial charge in [0, 0.05) is 60.8 Å². The van der Waals surface area contributed by atoms with Crippen LogP contribution in [0.5, 0.6) is 0 Å². The summed E-state index contributed by atoms with van der Waals surface area (Å²) >= 11 is 3.70. The van der Waals surface area contributed by atoms with Crippen molar-refractivity contribution in [2.75, 3.05) is 19.3 Å². The van der Waals surface area contributed by atoms with Crippen molar-refractivity contribution in [3.05, 3.63) is 69.7 Å². The Morgan fingerprint density at radius 1 is 1.26 bits per heavy atom. The molecule has 0 saturated carbocycles. The molecular weight excluding hydrogens is 372 g/mol. The second-order valence-corrected chi connectivity index (χ2v) is 8.91. The average molecular weight is 399 g/mol. The highest BCUT2D eigenvalue weighted by Gasteiger charge is 2.25. The topological polar surface area (TPSA) is 33.1 Å². The molecule has 0 saturated heterocycles. The van der Waals surface area contributed by atoms with Crippen LogP contribution in [0.15, 0.2) is 53.0 Å². The quantitative estimate of drug-likeness (QED) is 0.608. The Bertz CT molecular complexity index is 868. The van der Waals surface area contributed by atoms with E-state index in [0.717, 1.165) is 32.6 Å². The Kier molecular flexibility index (Phi) is 5.98. The summed E-state index contributed by atoms with van der Waals surface area (Å²) in [5.74, 6) is 0. The Morgan fingerprint density at radius 2 is 2.11 bits per heavy atom. The maximum atomic E-state index is 4.27. The lowest BCUT2D eigenvalue weighted by molar-refractivity contribution is 0.176. The molecule has 6 heteroatoms. The monoisotopic (exact) mass is 398 g/mol. The number of benzene rings is 1. The lowest BCUT2D eigenvalue weighted by atomic mass is 10.0. The third-order valence-electron chi connectivity index (χ3n) is 5.20. The van der Waals surface area contributed by atoms with E-state index in [1.807, 2.05) is 29.3 Å². The van der Waals surface area contributed by atoms with E-state index in [1.54, 1.807) is 16.6 Å². The normalized spacial score (nSPS) is 15.6. The second kappa shape index (κ2) is 8.61. The molecule has 1 aromatic carbocycles. The Balaban J connectivity index is 1.49. The predicted molar refractivity (Wildman–Crippen MR) is 114 cm³/mol. The molecule has 1 aliphatic heterocycles. The van der Waals surface area contributed by atoms with Gasteiger partial charge in [-0.2, -0.15) is 5.10 Å². The molecule has 1 atom stereocenters. The molecule has 0 radical (unpaired) electrons. The molecule has 142 valence electrons. The molecule has 1 aliphatic rings. The summed E-state index contributed by atoms with van der Waals surface area (Å²) in [5.41, 5.74) is 4.13. The van der Waals surface area contributed by atoms with E-state index >= 15 is 0 Å². The fraction of sp³-hybridized carbons (Fsp3) is 0.381. The zero-order valence-electron chi connectivity index (χ0n) is 15.9. The number of nitrogens with one attached hydrogen (secondary N) is 1. The molecule has 3 heterocycles. The predicted octanol–water partition coefficient (Wildman–Crippen LogP) is 4.09. The van der Waals surface area contributed by atoms with E-state index < -0.39 is 0 Å². The largest absolute Gasteiger partial charge is 0.311 e. The van der Waals surface area contributed by atoms with Gasteiger partial charge in [0.1, 0.15) is 0 Å². The van der Waals surface area contributed by atoms with E-state index in [1.165, 1.54) is 21.6 Å². The van der Waals surface area contributed by atoms with Crippen LogP contribution in [-0.4, -0.2) is 34.0 Å². The number of hydrogen-bond acceptors (Lipinski definition) is 5. The van der Waals surface area contributed by atoms with Crippen LogP contribution in [0.2, 0.25) is 0 Å². The molecule has 1 unspecified atom stereocenters. The van der Waals surface area contributed by atoms with Crippen LogP contribution < -0.4 is 5.32 Å². The Hall–Kier alpha value is -1.60. The minimum absolute atomic E-state index is 0.380. The van der Waals surface area contributed by atoms with Gasteiger partial charge in [-0.25, -0.2) is 0 Å². The molecule has 27 heavy (non-hydrogen) atoms. The van der Waals surface area contributed by atoms with Gasteiger partial charge < -0.3 is 5.32 Å². The molecule has 0 amide bonds. The third-order valence-corrected chi connectivity index (χ3v) is 6.97. The standard InChI is InChI=1S/C21H26N4S2/c1-24-14-16(12-23-24)11-22-13-20(17-3-5-19(26-2)6-4-17)25-9-7-21-18(15-25)8-10-27-21/h3-6,8,10,12,14,20,22H,7,9,11,13,15H2,1-2H3. The summed E-state index contributed by atoms with van der Waals surface area (Å²) in [6, 6.07) is 11.8. The van der Waals surface area contributed by atoms with E-state index in [2.05, 4.69) is 63.5 Å². The zero-order valence-corrected chi connectivity index (χ0v) is 17.5. The Morgan fingerprint density at radius 3 is 2.85 bits per heavy atom. The lowest BCUT2D eigenvalue weighted by Gasteiger charge is -2.35. The van der Waals surface area contributed by atoms with Crippen molar-refractivity contribution in [2.45, 2.75) is 30.4 Å².